The van der Waals surface area contributed by atoms with Crippen LogP contribution >= 0.6 is 11.6 Å². The predicted octanol–water partition coefficient (Wildman–Crippen LogP) is 1.28. The lowest BCUT2D eigenvalue weighted by atomic mass is 10.2. The van der Waals surface area contributed by atoms with Crippen molar-refractivity contribution in [1.82, 2.24) is 10.2 Å². The van der Waals surface area contributed by atoms with E-state index in [0.717, 1.165) is 25.1 Å². The summed E-state index contributed by atoms with van der Waals surface area (Å²) in [6, 6.07) is 7.26. The lowest BCUT2D eigenvalue weighted by Gasteiger charge is -2.34. The fraction of sp³-hybridized carbons (Fsp3) is 0.529. The molecule has 0 aromatic heterocycles. The van der Waals surface area contributed by atoms with E-state index in [1.807, 2.05) is 17.0 Å². The van der Waals surface area contributed by atoms with E-state index in [4.69, 9.17) is 16.3 Å². The minimum atomic E-state index is -0.0606. The summed E-state index contributed by atoms with van der Waals surface area (Å²) in [4.78, 5) is 28.0. The van der Waals surface area contributed by atoms with Gasteiger partial charge in [0, 0.05) is 37.0 Å². The van der Waals surface area contributed by atoms with E-state index in [2.05, 4.69) is 5.32 Å². The molecule has 0 aliphatic carbocycles. The monoisotopic (exact) mass is 351 g/mol. The number of anilines is 1. The van der Waals surface area contributed by atoms with Crippen molar-refractivity contribution in [2.75, 3.05) is 44.2 Å². The minimum absolute atomic E-state index is 0.0181. The van der Waals surface area contributed by atoms with E-state index >= 15 is 0 Å². The van der Waals surface area contributed by atoms with Gasteiger partial charge >= 0.3 is 0 Å². The lowest BCUT2D eigenvalue weighted by molar-refractivity contribution is -0.125. The molecule has 2 aliphatic heterocycles. The smallest absolute Gasteiger partial charge is 0.241 e. The van der Waals surface area contributed by atoms with Crippen LogP contribution in [-0.4, -0.2) is 62.1 Å². The molecule has 2 fully saturated rings. The van der Waals surface area contributed by atoms with E-state index in [1.54, 1.807) is 17.0 Å². The Morgan fingerprint density at radius 3 is 2.96 bits per heavy atom. The van der Waals surface area contributed by atoms with E-state index in [1.165, 1.54) is 0 Å². The van der Waals surface area contributed by atoms with Gasteiger partial charge in [-0.05, 0) is 31.0 Å². The van der Waals surface area contributed by atoms with Gasteiger partial charge in [-0.15, -0.1) is 0 Å². The Bertz CT molecular complexity index is 604. The second-order valence-electron chi connectivity index (χ2n) is 6.18. The summed E-state index contributed by atoms with van der Waals surface area (Å²) in [6.07, 6.45) is 2.19. The van der Waals surface area contributed by atoms with Crippen LogP contribution in [0.4, 0.5) is 5.69 Å². The Labute approximate surface area is 146 Å². The first kappa shape index (κ1) is 17.2. The molecule has 0 bridgehead atoms. The Balaban J connectivity index is 1.46. The number of benzene rings is 1. The third kappa shape index (κ3) is 4.47. The molecule has 2 aliphatic rings. The van der Waals surface area contributed by atoms with E-state index in [0.29, 0.717) is 24.7 Å². The Kier molecular flexibility index (Phi) is 5.71. The molecule has 1 atom stereocenters. The maximum Gasteiger partial charge on any atom is 0.241 e. The van der Waals surface area contributed by atoms with Crippen molar-refractivity contribution in [2.45, 2.75) is 18.9 Å². The van der Waals surface area contributed by atoms with Crippen LogP contribution < -0.4 is 10.2 Å². The van der Waals surface area contributed by atoms with Gasteiger partial charge < -0.3 is 15.0 Å². The maximum absolute atomic E-state index is 12.4. The second kappa shape index (κ2) is 7.96. The van der Waals surface area contributed by atoms with Crippen LogP contribution in [0.5, 0.6) is 0 Å². The topological polar surface area (TPSA) is 61.9 Å². The highest BCUT2D eigenvalue weighted by Crippen LogP contribution is 2.21. The van der Waals surface area contributed by atoms with Crippen molar-refractivity contribution < 1.29 is 14.3 Å². The molecule has 0 unspecified atom stereocenters. The average Bonchev–Trinajstić information content (AvgIpc) is 3.06. The molecule has 1 aromatic rings. The zero-order valence-corrected chi connectivity index (χ0v) is 14.3. The van der Waals surface area contributed by atoms with Crippen LogP contribution in [-0.2, 0) is 14.3 Å². The number of hydrogen-bond donors (Lipinski definition) is 1. The lowest BCUT2D eigenvalue weighted by Crippen LogP contribution is -2.53. The standard InChI is InChI=1S/C17H22ClN3O3/c18-13-3-1-4-14(9-13)21-7-6-20(12-17(21)23)11-16(22)19-10-15-5-2-8-24-15/h1,3-4,9,15H,2,5-8,10-12H2,(H,19,22)/t15-/m1/s1. The molecule has 130 valence electrons. The van der Waals surface area contributed by atoms with E-state index in [9.17, 15) is 9.59 Å². The quantitative estimate of drug-likeness (QED) is 0.868. The van der Waals surface area contributed by atoms with Gasteiger partial charge in [0.25, 0.3) is 0 Å². The normalized spacial score (nSPS) is 22.0. The number of halogens is 1. The highest BCUT2D eigenvalue weighted by Gasteiger charge is 2.26. The first-order valence-electron chi connectivity index (χ1n) is 8.28. The fourth-order valence-corrected chi connectivity index (χ4v) is 3.25. The Hall–Kier alpha value is -1.63. The van der Waals surface area contributed by atoms with Gasteiger partial charge in [0.05, 0.1) is 19.2 Å². The summed E-state index contributed by atoms with van der Waals surface area (Å²) in [7, 11) is 0. The summed E-state index contributed by atoms with van der Waals surface area (Å²) in [5.74, 6) is -0.0788. The molecule has 7 heteroatoms. The highest BCUT2D eigenvalue weighted by atomic mass is 35.5. The molecule has 2 heterocycles. The molecular weight excluding hydrogens is 330 g/mol. The van der Waals surface area contributed by atoms with Gasteiger partial charge in [0.1, 0.15) is 0 Å². The third-order valence-electron chi connectivity index (χ3n) is 4.34. The van der Waals surface area contributed by atoms with Gasteiger partial charge in [-0.1, -0.05) is 17.7 Å². The van der Waals surface area contributed by atoms with E-state index in [-0.39, 0.29) is 31.0 Å². The molecule has 1 aromatic carbocycles. The summed E-state index contributed by atoms with van der Waals surface area (Å²) in [5, 5.41) is 3.50. The van der Waals surface area contributed by atoms with Gasteiger partial charge in [0.2, 0.25) is 11.8 Å². The van der Waals surface area contributed by atoms with Crippen LogP contribution in [0, 0.1) is 0 Å². The van der Waals surface area contributed by atoms with Crippen molar-refractivity contribution in [1.29, 1.82) is 0 Å². The van der Waals surface area contributed by atoms with Crippen LogP contribution in [0.15, 0.2) is 24.3 Å². The van der Waals surface area contributed by atoms with Crippen LogP contribution in [0.25, 0.3) is 0 Å². The summed E-state index contributed by atoms with van der Waals surface area (Å²) < 4.78 is 5.48. The van der Waals surface area contributed by atoms with Gasteiger partial charge in [-0.25, -0.2) is 0 Å². The first-order chi connectivity index (χ1) is 11.6. The van der Waals surface area contributed by atoms with E-state index < -0.39 is 0 Å². The fourth-order valence-electron chi connectivity index (χ4n) is 3.07. The molecular formula is C17H22ClN3O3. The van der Waals surface area contributed by atoms with Gasteiger partial charge in [-0.3, -0.25) is 14.5 Å². The molecule has 24 heavy (non-hydrogen) atoms. The molecule has 3 rings (SSSR count). The molecule has 0 saturated carbocycles. The number of carbonyl (C=O) groups is 2. The zero-order valence-electron chi connectivity index (χ0n) is 13.5. The number of nitrogens with one attached hydrogen (secondary N) is 1. The first-order valence-corrected chi connectivity index (χ1v) is 8.66. The number of rotatable bonds is 5. The Morgan fingerprint density at radius 2 is 2.25 bits per heavy atom. The van der Waals surface area contributed by atoms with Crippen molar-refractivity contribution in [3.05, 3.63) is 29.3 Å². The predicted molar refractivity (Wildman–Crippen MR) is 92.2 cm³/mol. The largest absolute Gasteiger partial charge is 0.376 e. The van der Waals surface area contributed by atoms with Crippen LogP contribution in [0.2, 0.25) is 5.02 Å². The third-order valence-corrected chi connectivity index (χ3v) is 4.57. The number of amides is 2. The van der Waals surface area contributed by atoms with Crippen LogP contribution in [0.3, 0.4) is 0 Å². The molecule has 0 radical (unpaired) electrons. The zero-order chi connectivity index (χ0) is 16.9. The van der Waals surface area contributed by atoms with Crippen molar-refractivity contribution in [2.24, 2.45) is 0 Å². The Morgan fingerprint density at radius 1 is 1.38 bits per heavy atom. The number of nitrogens with zero attached hydrogens (tertiary/aromatic N) is 2. The summed E-state index contributed by atoms with van der Waals surface area (Å²) in [5.41, 5.74) is 0.801. The number of carbonyl (C=O) groups excluding carboxylic acids is 2. The molecule has 1 N–H and O–H groups in total. The SMILES string of the molecule is O=C(CN1CCN(c2cccc(Cl)c2)C(=O)C1)NC[C@H]1CCCO1. The molecule has 6 nitrogen and oxygen atoms in total. The highest BCUT2D eigenvalue weighted by molar-refractivity contribution is 6.30. The van der Waals surface area contributed by atoms with Crippen molar-refractivity contribution >= 4 is 29.1 Å². The summed E-state index contributed by atoms with van der Waals surface area (Å²) in [6.45, 7) is 3.02. The minimum Gasteiger partial charge on any atom is -0.376 e. The second-order valence-corrected chi connectivity index (χ2v) is 6.61. The molecule has 0 spiro atoms. The van der Waals surface area contributed by atoms with Crippen molar-refractivity contribution in [3.63, 3.8) is 0 Å². The average molecular weight is 352 g/mol. The molecule has 2 amide bonds. The number of ether oxygens (including phenoxy) is 1. The molecule has 2 saturated heterocycles. The summed E-state index contributed by atoms with van der Waals surface area (Å²) >= 11 is 5.99. The van der Waals surface area contributed by atoms with Gasteiger partial charge in [-0.2, -0.15) is 0 Å². The van der Waals surface area contributed by atoms with Crippen LogP contribution in [0.1, 0.15) is 12.8 Å². The maximum atomic E-state index is 12.4. The van der Waals surface area contributed by atoms with Crippen molar-refractivity contribution in [3.8, 4) is 0 Å². The van der Waals surface area contributed by atoms with Gasteiger partial charge in [0.15, 0.2) is 0 Å². The number of hydrogen-bond acceptors (Lipinski definition) is 4. The number of piperazine rings is 1.